The lowest BCUT2D eigenvalue weighted by atomic mass is 9.93. The van der Waals surface area contributed by atoms with Gasteiger partial charge in [0.2, 0.25) is 0 Å². The molecule has 9 heteroatoms. The molecule has 1 unspecified atom stereocenters. The van der Waals surface area contributed by atoms with Crippen LogP contribution in [0.4, 0.5) is 9.52 Å². The standard InChI is InChI=1S/C26H23FN2O5S/c1-13(2)15-5-7-16(8-6-15)20-19(21(30)17-9-11-18(27)12-10-17)22(31)24(32)29(20)26-28-14(3)23(35-26)25(33)34-4/h5-13,20,30H,1-4H3. The number of aryl methyl sites for hydroxylation is 1. The molecule has 180 valence electrons. The van der Waals surface area contributed by atoms with E-state index in [4.69, 9.17) is 4.74 Å². The number of halogens is 1. The highest BCUT2D eigenvalue weighted by molar-refractivity contribution is 7.17. The first kappa shape index (κ1) is 24.3. The van der Waals surface area contributed by atoms with E-state index >= 15 is 0 Å². The number of esters is 1. The number of anilines is 1. The summed E-state index contributed by atoms with van der Waals surface area (Å²) in [6.45, 7) is 5.69. The molecule has 4 rings (SSSR count). The predicted octanol–water partition coefficient (Wildman–Crippen LogP) is 5.13. The summed E-state index contributed by atoms with van der Waals surface area (Å²) in [6.07, 6.45) is 0. The number of ketones is 1. The third kappa shape index (κ3) is 4.35. The maximum absolute atomic E-state index is 13.5. The maximum atomic E-state index is 13.5. The Labute approximate surface area is 205 Å². The zero-order valence-corrected chi connectivity index (χ0v) is 20.4. The van der Waals surface area contributed by atoms with E-state index in [1.54, 1.807) is 19.1 Å². The fraction of sp³-hybridized carbons (Fsp3) is 0.231. The average Bonchev–Trinajstić information content (AvgIpc) is 3.35. The minimum Gasteiger partial charge on any atom is -0.507 e. The Kier molecular flexibility index (Phi) is 6.53. The van der Waals surface area contributed by atoms with Crippen molar-refractivity contribution < 1.29 is 28.6 Å². The average molecular weight is 495 g/mol. The molecule has 3 aromatic rings. The number of aromatic nitrogens is 1. The Morgan fingerprint density at radius 1 is 1.11 bits per heavy atom. The lowest BCUT2D eigenvalue weighted by Crippen LogP contribution is -2.29. The van der Waals surface area contributed by atoms with Crippen LogP contribution in [0.5, 0.6) is 0 Å². The van der Waals surface area contributed by atoms with E-state index in [1.807, 2.05) is 26.0 Å². The molecule has 1 aliphatic rings. The van der Waals surface area contributed by atoms with E-state index in [0.717, 1.165) is 29.0 Å². The van der Waals surface area contributed by atoms with Crippen LogP contribution in [0, 0.1) is 12.7 Å². The van der Waals surface area contributed by atoms with Crippen molar-refractivity contribution in [1.82, 2.24) is 4.98 Å². The van der Waals surface area contributed by atoms with Crippen LogP contribution in [0.25, 0.3) is 5.76 Å². The number of aliphatic hydroxyl groups excluding tert-OH is 1. The molecule has 1 aliphatic heterocycles. The first-order chi connectivity index (χ1) is 16.6. The highest BCUT2D eigenvalue weighted by atomic mass is 32.1. The third-order valence-electron chi connectivity index (χ3n) is 5.84. The molecule has 35 heavy (non-hydrogen) atoms. The van der Waals surface area contributed by atoms with Gasteiger partial charge in [0.25, 0.3) is 5.78 Å². The number of aliphatic hydroxyl groups is 1. The van der Waals surface area contributed by atoms with Gasteiger partial charge in [-0.25, -0.2) is 14.2 Å². The Morgan fingerprint density at radius 2 is 1.74 bits per heavy atom. The van der Waals surface area contributed by atoms with Gasteiger partial charge in [-0.2, -0.15) is 0 Å². The lowest BCUT2D eigenvalue weighted by molar-refractivity contribution is -0.132. The van der Waals surface area contributed by atoms with Crippen LogP contribution in [-0.4, -0.2) is 34.9 Å². The number of methoxy groups -OCH3 is 1. The molecule has 1 saturated heterocycles. The van der Waals surface area contributed by atoms with Crippen LogP contribution >= 0.6 is 11.3 Å². The van der Waals surface area contributed by atoms with Gasteiger partial charge in [0.1, 0.15) is 16.5 Å². The second-order valence-corrected chi connectivity index (χ2v) is 9.38. The number of hydrogen-bond acceptors (Lipinski definition) is 7. The Morgan fingerprint density at radius 3 is 2.31 bits per heavy atom. The van der Waals surface area contributed by atoms with Crippen molar-refractivity contribution in [3.05, 3.63) is 87.2 Å². The molecular weight excluding hydrogens is 471 g/mol. The van der Waals surface area contributed by atoms with Crippen molar-refractivity contribution in [3.8, 4) is 0 Å². The number of rotatable bonds is 5. The molecule has 0 saturated carbocycles. The third-order valence-corrected chi connectivity index (χ3v) is 6.98. The predicted molar refractivity (Wildman–Crippen MR) is 130 cm³/mol. The topological polar surface area (TPSA) is 96.8 Å². The number of ether oxygens (including phenoxy) is 1. The minimum atomic E-state index is -1.00. The molecule has 1 amide bonds. The van der Waals surface area contributed by atoms with Crippen molar-refractivity contribution >= 4 is 39.9 Å². The summed E-state index contributed by atoms with van der Waals surface area (Å²) in [5.41, 5.74) is 2.03. The number of nitrogens with zero attached hydrogens (tertiary/aromatic N) is 2. The number of Topliss-reactive ketones (excluding diaryl/α,β-unsaturated/α-hetero) is 1. The summed E-state index contributed by atoms with van der Waals surface area (Å²) in [6, 6.07) is 11.3. The van der Waals surface area contributed by atoms with Crippen LogP contribution in [0.2, 0.25) is 0 Å². The largest absolute Gasteiger partial charge is 0.507 e. The molecule has 0 aliphatic carbocycles. The van der Waals surface area contributed by atoms with Crippen LogP contribution in [0.15, 0.2) is 54.1 Å². The van der Waals surface area contributed by atoms with E-state index in [9.17, 15) is 23.9 Å². The van der Waals surface area contributed by atoms with Gasteiger partial charge in [0, 0.05) is 5.56 Å². The molecule has 7 nitrogen and oxygen atoms in total. The van der Waals surface area contributed by atoms with Gasteiger partial charge in [-0.05, 0) is 48.2 Å². The van der Waals surface area contributed by atoms with Gasteiger partial charge >= 0.3 is 11.9 Å². The smallest absolute Gasteiger partial charge is 0.350 e. The fourth-order valence-electron chi connectivity index (χ4n) is 3.94. The quantitative estimate of drug-likeness (QED) is 0.229. The van der Waals surface area contributed by atoms with E-state index in [1.165, 1.54) is 24.1 Å². The van der Waals surface area contributed by atoms with E-state index in [-0.39, 0.29) is 27.1 Å². The fourth-order valence-corrected chi connectivity index (χ4v) is 4.95. The highest BCUT2D eigenvalue weighted by Crippen LogP contribution is 2.44. The summed E-state index contributed by atoms with van der Waals surface area (Å²) >= 11 is 0.927. The first-order valence-electron chi connectivity index (χ1n) is 10.9. The number of carbonyl (C=O) groups is 3. The molecule has 1 aromatic heterocycles. The number of benzene rings is 2. The molecule has 2 aromatic carbocycles. The molecule has 0 spiro atoms. The van der Waals surface area contributed by atoms with Crippen LogP contribution in [0.1, 0.15) is 57.9 Å². The first-order valence-corrected chi connectivity index (χ1v) is 11.7. The summed E-state index contributed by atoms with van der Waals surface area (Å²) in [7, 11) is 1.24. The zero-order valence-electron chi connectivity index (χ0n) is 19.5. The minimum absolute atomic E-state index is 0.126. The van der Waals surface area contributed by atoms with Crippen molar-refractivity contribution in [1.29, 1.82) is 0 Å². The van der Waals surface area contributed by atoms with Gasteiger partial charge in [0.15, 0.2) is 5.13 Å². The number of carbonyl (C=O) groups excluding carboxylic acids is 3. The van der Waals surface area contributed by atoms with Crippen LogP contribution in [-0.2, 0) is 14.3 Å². The van der Waals surface area contributed by atoms with Crippen molar-refractivity contribution in [2.24, 2.45) is 0 Å². The van der Waals surface area contributed by atoms with E-state index < -0.39 is 35.3 Å². The lowest BCUT2D eigenvalue weighted by Gasteiger charge is -2.23. The van der Waals surface area contributed by atoms with Gasteiger partial charge in [-0.15, -0.1) is 0 Å². The Bertz CT molecular complexity index is 1340. The molecule has 1 N–H and O–H groups in total. The van der Waals surface area contributed by atoms with Crippen molar-refractivity contribution in [3.63, 3.8) is 0 Å². The molecule has 0 radical (unpaired) electrons. The maximum Gasteiger partial charge on any atom is 0.350 e. The summed E-state index contributed by atoms with van der Waals surface area (Å²) in [5.74, 6) is -3.07. The second kappa shape index (κ2) is 9.42. The van der Waals surface area contributed by atoms with E-state index in [2.05, 4.69) is 4.98 Å². The normalized spacial score (nSPS) is 17.3. The van der Waals surface area contributed by atoms with Gasteiger partial charge in [0.05, 0.1) is 24.4 Å². The molecule has 1 atom stereocenters. The molecule has 1 fully saturated rings. The van der Waals surface area contributed by atoms with Crippen LogP contribution < -0.4 is 4.90 Å². The Balaban J connectivity index is 1.92. The number of amides is 1. The van der Waals surface area contributed by atoms with Gasteiger partial charge in [-0.1, -0.05) is 49.4 Å². The zero-order chi connectivity index (χ0) is 25.4. The van der Waals surface area contributed by atoms with E-state index in [0.29, 0.717) is 11.3 Å². The number of thiazole rings is 1. The summed E-state index contributed by atoms with van der Waals surface area (Å²) < 4.78 is 18.3. The van der Waals surface area contributed by atoms with Gasteiger partial charge in [-0.3, -0.25) is 14.5 Å². The second-order valence-electron chi connectivity index (χ2n) is 8.40. The molecular formula is C26H23FN2O5S. The monoisotopic (exact) mass is 494 g/mol. The highest BCUT2D eigenvalue weighted by Gasteiger charge is 2.48. The van der Waals surface area contributed by atoms with Crippen molar-refractivity contribution in [2.75, 3.05) is 12.0 Å². The number of hydrogen-bond donors (Lipinski definition) is 1. The molecule has 2 heterocycles. The SMILES string of the molecule is COC(=O)c1sc(N2C(=O)C(=O)C(=C(O)c3ccc(F)cc3)C2c2ccc(C(C)C)cc2)nc1C. The summed E-state index contributed by atoms with van der Waals surface area (Å²) in [5, 5.41) is 11.2. The van der Waals surface area contributed by atoms with Crippen LogP contribution in [0.3, 0.4) is 0 Å². The van der Waals surface area contributed by atoms with Gasteiger partial charge < -0.3 is 9.84 Å². The van der Waals surface area contributed by atoms with Crippen molar-refractivity contribution in [2.45, 2.75) is 32.7 Å². The molecule has 0 bridgehead atoms. The Hall–Kier alpha value is -3.85. The summed E-state index contributed by atoms with van der Waals surface area (Å²) in [4.78, 5) is 44.4.